The summed E-state index contributed by atoms with van der Waals surface area (Å²) in [4.78, 5) is 12.0. The van der Waals surface area contributed by atoms with E-state index in [-0.39, 0.29) is 18.6 Å². The first-order valence-corrected chi connectivity index (χ1v) is 7.75. The summed E-state index contributed by atoms with van der Waals surface area (Å²) in [6.45, 7) is 3.62. The van der Waals surface area contributed by atoms with E-state index in [0.29, 0.717) is 5.56 Å². The van der Waals surface area contributed by atoms with Gasteiger partial charge in [0.15, 0.2) is 0 Å². The fourth-order valence-corrected chi connectivity index (χ4v) is 2.33. The van der Waals surface area contributed by atoms with Gasteiger partial charge in [-0.1, -0.05) is 42.5 Å². The zero-order valence-corrected chi connectivity index (χ0v) is 13.8. The third-order valence-corrected chi connectivity index (χ3v) is 3.88. The van der Waals surface area contributed by atoms with Crippen LogP contribution in [0.1, 0.15) is 36.6 Å². The second-order valence-corrected chi connectivity index (χ2v) is 5.92. The molecule has 2 unspecified atom stereocenters. The van der Waals surface area contributed by atoms with E-state index in [9.17, 15) is 9.90 Å². The zero-order valence-electron chi connectivity index (χ0n) is 13.8. The summed E-state index contributed by atoms with van der Waals surface area (Å²) in [6, 6.07) is 17.7. The van der Waals surface area contributed by atoms with Crippen LogP contribution in [0.15, 0.2) is 54.6 Å². The third-order valence-electron chi connectivity index (χ3n) is 3.88. The van der Waals surface area contributed by atoms with Gasteiger partial charge in [0.2, 0.25) is 0 Å². The molecule has 0 spiro atoms. The Labute approximate surface area is 141 Å². The van der Waals surface area contributed by atoms with Crippen molar-refractivity contribution in [2.24, 2.45) is 0 Å². The SMILES string of the molecule is CC(NC(=O)NCC(C)(O)c1ccccc1)c1ccc(C#N)cc1. The van der Waals surface area contributed by atoms with E-state index in [0.717, 1.165) is 11.1 Å². The Morgan fingerprint density at radius 2 is 1.83 bits per heavy atom. The summed E-state index contributed by atoms with van der Waals surface area (Å²) < 4.78 is 0. The van der Waals surface area contributed by atoms with Crippen LogP contribution in [0.2, 0.25) is 0 Å². The van der Waals surface area contributed by atoms with Crippen LogP contribution in [-0.4, -0.2) is 17.7 Å². The molecule has 0 radical (unpaired) electrons. The first-order valence-electron chi connectivity index (χ1n) is 7.75. The van der Waals surface area contributed by atoms with Crippen molar-refractivity contribution in [3.8, 4) is 6.07 Å². The maximum atomic E-state index is 12.0. The number of aliphatic hydroxyl groups is 1. The molecule has 2 rings (SSSR count). The van der Waals surface area contributed by atoms with Crippen molar-refractivity contribution in [1.82, 2.24) is 10.6 Å². The number of urea groups is 1. The Morgan fingerprint density at radius 1 is 1.21 bits per heavy atom. The summed E-state index contributed by atoms with van der Waals surface area (Å²) in [5.41, 5.74) is 1.08. The van der Waals surface area contributed by atoms with Crippen LogP contribution in [-0.2, 0) is 5.60 Å². The highest BCUT2D eigenvalue weighted by atomic mass is 16.3. The van der Waals surface area contributed by atoms with Crippen molar-refractivity contribution in [1.29, 1.82) is 5.26 Å². The van der Waals surface area contributed by atoms with Crippen molar-refractivity contribution in [3.05, 3.63) is 71.3 Å². The van der Waals surface area contributed by atoms with Crippen molar-refractivity contribution in [2.75, 3.05) is 6.54 Å². The Balaban J connectivity index is 1.89. The van der Waals surface area contributed by atoms with Gasteiger partial charge in [-0.2, -0.15) is 5.26 Å². The maximum absolute atomic E-state index is 12.0. The maximum Gasteiger partial charge on any atom is 0.315 e. The summed E-state index contributed by atoms with van der Waals surface area (Å²) in [5, 5.41) is 24.8. The molecule has 0 aliphatic carbocycles. The van der Waals surface area contributed by atoms with Gasteiger partial charge in [-0.15, -0.1) is 0 Å². The molecule has 124 valence electrons. The van der Waals surface area contributed by atoms with Gasteiger partial charge >= 0.3 is 6.03 Å². The lowest BCUT2D eigenvalue weighted by atomic mass is 9.96. The second kappa shape index (κ2) is 7.62. The molecule has 2 amide bonds. The molecule has 5 heteroatoms. The van der Waals surface area contributed by atoms with Crippen LogP contribution in [0, 0.1) is 11.3 Å². The first kappa shape index (κ1) is 17.5. The first-order chi connectivity index (χ1) is 11.4. The lowest BCUT2D eigenvalue weighted by molar-refractivity contribution is 0.0593. The van der Waals surface area contributed by atoms with Crippen LogP contribution in [0.3, 0.4) is 0 Å². The minimum absolute atomic E-state index is 0.100. The van der Waals surface area contributed by atoms with Gasteiger partial charge in [0.25, 0.3) is 0 Å². The number of amides is 2. The quantitative estimate of drug-likeness (QED) is 0.791. The van der Waals surface area contributed by atoms with Gasteiger partial charge in [0.05, 0.1) is 24.2 Å². The van der Waals surface area contributed by atoms with Crippen molar-refractivity contribution in [2.45, 2.75) is 25.5 Å². The number of rotatable bonds is 5. The van der Waals surface area contributed by atoms with E-state index < -0.39 is 5.60 Å². The van der Waals surface area contributed by atoms with Crippen LogP contribution in [0.25, 0.3) is 0 Å². The minimum atomic E-state index is -1.14. The molecule has 2 aromatic rings. The number of hydrogen-bond donors (Lipinski definition) is 3. The molecule has 0 aliphatic rings. The number of nitrogens with zero attached hydrogens (tertiary/aromatic N) is 1. The van der Waals surface area contributed by atoms with Crippen LogP contribution >= 0.6 is 0 Å². The normalized spacial score (nSPS) is 14.1. The highest BCUT2D eigenvalue weighted by Gasteiger charge is 2.23. The molecule has 0 aliphatic heterocycles. The molecule has 5 nitrogen and oxygen atoms in total. The molecule has 0 fully saturated rings. The summed E-state index contributed by atoms with van der Waals surface area (Å²) in [5.74, 6) is 0. The molecule has 2 atom stereocenters. The van der Waals surface area contributed by atoms with E-state index in [4.69, 9.17) is 5.26 Å². The van der Waals surface area contributed by atoms with Gasteiger partial charge in [0.1, 0.15) is 5.60 Å². The Morgan fingerprint density at radius 3 is 2.42 bits per heavy atom. The van der Waals surface area contributed by atoms with Gasteiger partial charge in [-0.3, -0.25) is 0 Å². The number of nitriles is 1. The van der Waals surface area contributed by atoms with Crippen molar-refractivity contribution in [3.63, 3.8) is 0 Å². The van der Waals surface area contributed by atoms with E-state index in [1.54, 1.807) is 19.1 Å². The topological polar surface area (TPSA) is 85.2 Å². The molecular formula is C19H21N3O2. The molecule has 0 aromatic heterocycles. The number of carbonyl (C=O) groups is 1. The lowest BCUT2D eigenvalue weighted by Crippen LogP contribution is -2.44. The smallest absolute Gasteiger partial charge is 0.315 e. The molecular weight excluding hydrogens is 302 g/mol. The number of benzene rings is 2. The van der Waals surface area contributed by atoms with Gasteiger partial charge in [-0.25, -0.2) is 4.79 Å². The molecule has 0 saturated carbocycles. The number of nitrogens with one attached hydrogen (secondary N) is 2. The highest BCUT2D eigenvalue weighted by molar-refractivity contribution is 5.74. The lowest BCUT2D eigenvalue weighted by Gasteiger charge is -2.25. The molecule has 3 N–H and O–H groups in total. The van der Waals surface area contributed by atoms with Crippen LogP contribution in [0.5, 0.6) is 0 Å². The van der Waals surface area contributed by atoms with E-state index >= 15 is 0 Å². The Kier molecular flexibility index (Phi) is 5.56. The third kappa shape index (κ3) is 4.58. The predicted octanol–water partition coefficient (Wildman–Crippen LogP) is 2.83. The summed E-state index contributed by atoms with van der Waals surface area (Å²) >= 11 is 0. The van der Waals surface area contributed by atoms with Gasteiger partial charge < -0.3 is 15.7 Å². The van der Waals surface area contributed by atoms with Crippen LogP contribution < -0.4 is 10.6 Å². The van der Waals surface area contributed by atoms with Gasteiger partial charge in [0, 0.05) is 0 Å². The van der Waals surface area contributed by atoms with E-state index in [2.05, 4.69) is 16.7 Å². The summed E-state index contributed by atoms with van der Waals surface area (Å²) in [6.07, 6.45) is 0. The number of hydrogen-bond acceptors (Lipinski definition) is 3. The van der Waals surface area contributed by atoms with Crippen molar-refractivity contribution < 1.29 is 9.90 Å². The van der Waals surface area contributed by atoms with Crippen LogP contribution in [0.4, 0.5) is 4.79 Å². The monoisotopic (exact) mass is 323 g/mol. The fraction of sp³-hybridized carbons (Fsp3) is 0.263. The van der Waals surface area contributed by atoms with E-state index in [1.165, 1.54) is 0 Å². The fourth-order valence-electron chi connectivity index (χ4n) is 2.33. The highest BCUT2D eigenvalue weighted by Crippen LogP contribution is 2.19. The van der Waals surface area contributed by atoms with Crippen molar-refractivity contribution >= 4 is 6.03 Å². The molecule has 24 heavy (non-hydrogen) atoms. The molecule has 0 heterocycles. The molecule has 0 bridgehead atoms. The molecule has 2 aromatic carbocycles. The second-order valence-electron chi connectivity index (χ2n) is 5.92. The van der Waals surface area contributed by atoms with Gasteiger partial charge in [-0.05, 0) is 37.1 Å². The average molecular weight is 323 g/mol. The zero-order chi connectivity index (χ0) is 17.6. The number of carbonyl (C=O) groups excluding carboxylic acids is 1. The Hall–Kier alpha value is -2.84. The standard InChI is InChI=1S/C19H21N3O2/c1-14(16-10-8-15(12-20)9-11-16)22-18(23)21-13-19(2,24)17-6-4-3-5-7-17/h3-11,14,24H,13H2,1-2H3,(H2,21,22,23). The predicted molar refractivity (Wildman–Crippen MR) is 92.1 cm³/mol. The largest absolute Gasteiger partial charge is 0.384 e. The Bertz CT molecular complexity index is 719. The average Bonchev–Trinajstić information content (AvgIpc) is 2.61. The van der Waals surface area contributed by atoms with E-state index in [1.807, 2.05) is 49.4 Å². The minimum Gasteiger partial charge on any atom is -0.384 e. The molecule has 0 saturated heterocycles. The summed E-state index contributed by atoms with van der Waals surface area (Å²) in [7, 11) is 0.